The molecule has 0 aromatic carbocycles. The molecule has 1 fully saturated rings. The van der Waals surface area contributed by atoms with Crippen molar-refractivity contribution in [1.29, 1.82) is 0 Å². The Morgan fingerprint density at radius 3 is 1.57 bits per heavy atom. The molecular weight excluding hydrogens is 823 g/mol. The van der Waals surface area contributed by atoms with Crippen LogP contribution < -0.4 is 5.32 Å². The number of unbranched alkanes of at least 4 members (excludes halogenated alkanes) is 27. The van der Waals surface area contributed by atoms with Crippen molar-refractivity contribution >= 4 is 11.9 Å². The topological polar surface area (TPSA) is 175 Å². The molecule has 0 spiro atoms. The Kier molecular flexibility index (Phi) is 40.5. The number of ether oxygens (including phenoxy) is 3. The van der Waals surface area contributed by atoms with Gasteiger partial charge in [-0.3, -0.25) is 9.59 Å². The summed E-state index contributed by atoms with van der Waals surface area (Å²) in [5.41, 5.74) is 0. The van der Waals surface area contributed by atoms with Crippen LogP contribution in [0, 0.1) is 0 Å². The van der Waals surface area contributed by atoms with Crippen molar-refractivity contribution in [2.24, 2.45) is 0 Å². The minimum Gasteiger partial charge on any atom is -0.454 e. The Bertz CT molecular complexity index is 1200. The van der Waals surface area contributed by atoms with Gasteiger partial charge in [0, 0.05) is 12.8 Å². The second-order valence-corrected chi connectivity index (χ2v) is 18.6. The first-order valence-electron chi connectivity index (χ1n) is 26.8. The molecule has 1 rings (SSSR count). The van der Waals surface area contributed by atoms with Crippen LogP contribution in [0.5, 0.6) is 0 Å². The van der Waals surface area contributed by atoms with Crippen molar-refractivity contribution in [3.05, 3.63) is 36.5 Å². The van der Waals surface area contributed by atoms with Crippen LogP contribution in [0.3, 0.4) is 0 Å². The fraction of sp³-hybridized carbons (Fsp3) is 0.852. The van der Waals surface area contributed by atoms with E-state index in [-0.39, 0.29) is 19.4 Å². The van der Waals surface area contributed by atoms with Gasteiger partial charge in [-0.25, -0.2) is 0 Å². The molecule has 0 radical (unpaired) electrons. The number of aliphatic hydroxyl groups is 5. The molecule has 1 aliphatic rings. The molecule has 8 atom stereocenters. The Hall–Kier alpha value is -2.12. The van der Waals surface area contributed by atoms with Gasteiger partial charge in [-0.05, 0) is 38.5 Å². The van der Waals surface area contributed by atoms with E-state index in [0.717, 1.165) is 44.9 Å². The van der Waals surface area contributed by atoms with Crippen LogP contribution in [0.15, 0.2) is 36.5 Å². The maximum absolute atomic E-state index is 13.3. The number of allylic oxidation sites excluding steroid dienone is 4. The van der Waals surface area contributed by atoms with Crippen LogP contribution in [-0.2, 0) is 23.8 Å². The van der Waals surface area contributed by atoms with E-state index in [1.165, 1.54) is 141 Å². The lowest BCUT2D eigenvalue weighted by molar-refractivity contribution is -0.305. The fourth-order valence-electron chi connectivity index (χ4n) is 8.22. The van der Waals surface area contributed by atoms with Gasteiger partial charge in [0.05, 0.1) is 25.4 Å². The highest BCUT2D eigenvalue weighted by atomic mass is 16.7. The second kappa shape index (κ2) is 43.2. The van der Waals surface area contributed by atoms with Gasteiger partial charge in [-0.2, -0.15) is 0 Å². The molecule has 11 nitrogen and oxygen atoms in total. The minimum absolute atomic E-state index is 0.0839. The second-order valence-electron chi connectivity index (χ2n) is 18.6. The molecule has 0 aliphatic carbocycles. The number of amides is 1. The molecule has 0 bridgehead atoms. The first-order valence-corrected chi connectivity index (χ1v) is 26.8. The van der Waals surface area contributed by atoms with Crippen LogP contribution >= 0.6 is 0 Å². The van der Waals surface area contributed by atoms with Crippen LogP contribution in [0.25, 0.3) is 0 Å². The number of esters is 1. The summed E-state index contributed by atoms with van der Waals surface area (Å²) in [6.45, 7) is 5.71. The highest BCUT2D eigenvalue weighted by Gasteiger charge is 2.47. The van der Waals surface area contributed by atoms with Gasteiger partial charge in [0.15, 0.2) is 12.4 Å². The largest absolute Gasteiger partial charge is 0.454 e. The third-order valence-corrected chi connectivity index (χ3v) is 12.6. The summed E-state index contributed by atoms with van der Waals surface area (Å²) < 4.78 is 17.5. The Balaban J connectivity index is 2.82. The molecule has 1 saturated heterocycles. The molecule has 0 saturated carbocycles. The van der Waals surface area contributed by atoms with Crippen molar-refractivity contribution in [2.75, 3.05) is 13.2 Å². The summed E-state index contributed by atoms with van der Waals surface area (Å²) in [4.78, 5) is 26.3. The summed E-state index contributed by atoms with van der Waals surface area (Å²) in [6.07, 6.45) is 37.9. The van der Waals surface area contributed by atoms with E-state index in [2.05, 4.69) is 38.2 Å². The molecule has 8 unspecified atom stereocenters. The monoisotopic (exact) mass is 922 g/mol. The third-order valence-electron chi connectivity index (χ3n) is 12.6. The molecule has 1 amide bonds. The van der Waals surface area contributed by atoms with E-state index >= 15 is 0 Å². The van der Waals surface area contributed by atoms with Crippen molar-refractivity contribution in [3.8, 4) is 0 Å². The first-order chi connectivity index (χ1) is 31.7. The molecule has 6 N–H and O–H groups in total. The minimum atomic E-state index is -1.62. The summed E-state index contributed by atoms with van der Waals surface area (Å²) in [6, 6.07) is -1.05. The maximum Gasteiger partial charge on any atom is 0.306 e. The highest BCUT2D eigenvalue weighted by Crippen LogP contribution is 2.26. The van der Waals surface area contributed by atoms with Crippen LogP contribution in [-0.4, -0.2) is 99.6 Å². The number of rotatable bonds is 44. The van der Waals surface area contributed by atoms with Gasteiger partial charge in [0.25, 0.3) is 0 Å². The zero-order valence-corrected chi connectivity index (χ0v) is 41.6. The van der Waals surface area contributed by atoms with Crippen LogP contribution in [0.1, 0.15) is 233 Å². The summed E-state index contributed by atoms with van der Waals surface area (Å²) in [5, 5.41) is 56.5. The quantitative estimate of drug-likeness (QED) is 0.0196. The van der Waals surface area contributed by atoms with Crippen molar-refractivity contribution in [3.63, 3.8) is 0 Å². The molecule has 0 aromatic heterocycles. The van der Waals surface area contributed by atoms with E-state index in [9.17, 15) is 35.1 Å². The normalized spacial score (nSPS) is 20.5. The van der Waals surface area contributed by atoms with Gasteiger partial charge in [0.1, 0.15) is 24.4 Å². The summed E-state index contributed by atoms with van der Waals surface area (Å²) >= 11 is 0. The first kappa shape index (κ1) is 60.9. The molecular formula is C54H99NO10. The number of hydrogen-bond acceptors (Lipinski definition) is 10. The number of aliphatic hydroxyl groups excluding tert-OH is 5. The van der Waals surface area contributed by atoms with E-state index in [1.54, 1.807) is 12.2 Å². The number of nitrogens with one attached hydrogen (secondary N) is 1. The zero-order chi connectivity index (χ0) is 47.6. The average Bonchev–Trinajstić information content (AvgIpc) is 3.30. The lowest BCUT2D eigenvalue weighted by atomic mass is 9.99. The average molecular weight is 922 g/mol. The molecule has 1 aliphatic heterocycles. The molecule has 380 valence electrons. The highest BCUT2D eigenvalue weighted by molar-refractivity contribution is 5.81. The number of carbonyl (C=O) groups excluding carboxylic acids is 2. The zero-order valence-electron chi connectivity index (χ0n) is 41.6. The fourth-order valence-corrected chi connectivity index (χ4v) is 8.22. The molecule has 65 heavy (non-hydrogen) atoms. The van der Waals surface area contributed by atoms with Gasteiger partial charge >= 0.3 is 5.97 Å². The van der Waals surface area contributed by atoms with E-state index < -0.39 is 67.4 Å². The van der Waals surface area contributed by atoms with Crippen LogP contribution in [0.4, 0.5) is 0 Å². The van der Waals surface area contributed by atoms with E-state index in [0.29, 0.717) is 12.8 Å². The van der Waals surface area contributed by atoms with Gasteiger partial charge in [-0.1, -0.05) is 218 Å². The third kappa shape index (κ3) is 32.3. The Morgan fingerprint density at radius 1 is 0.600 bits per heavy atom. The van der Waals surface area contributed by atoms with Crippen molar-refractivity contribution in [1.82, 2.24) is 5.32 Å². The Morgan fingerprint density at radius 2 is 1.06 bits per heavy atom. The standard InChI is InChI=1S/C54H99NO10/c1-4-7-10-13-16-19-22-24-27-28-31-34-37-40-46(57)45(55-53(62)47(58)41-38-35-32-29-26-23-20-17-14-11-8-5-2)44-63-54-52(51(61)50(60)48(43-56)64-54)65-49(59)42-39-36-33-30-25-21-18-15-12-9-6-3/h26,29,35,37-38,40,45-48,50-52,54,56-58,60-61H,4-25,27-28,30-34,36,39,41-44H2,1-3H3,(H,55,62)/b29-26-,38-35+,40-37+. The van der Waals surface area contributed by atoms with E-state index in [1.807, 2.05) is 12.2 Å². The van der Waals surface area contributed by atoms with Gasteiger partial charge in [-0.15, -0.1) is 0 Å². The van der Waals surface area contributed by atoms with Crippen molar-refractivity contribution < 1.29 is 49.3 Å². The Labute approximate surface area is 396 Å². The summed E-state index contributed by atoms with van der Waals surface area (Å²) in [5.74, 6) is -1.26. The van der Waals surface area contributed by atoms with Crippen molar-refractivity contribution in [2.45, 2.75) is 282 Å². The predicted octanol–water partition coefficient (Wildman–Crippen LogP) is 11.2. The van der Waals surface area contributed by atoms with E-state index in [4.69, 9.17) is 14.2 Å². The smallest absolute Gasteiger partial charge is 0.306 e. The van der Waals surface area contributed by atoms with Gasteiger partial charge in [0.2, 0.25) is 5.91 Å². The SMILES string of the molecule is CCCCCCCC/C=C\C/C=C/CC(O)C(=O)NC(COC1OC(CO)C(O)C(O)C1OC(=O)CCCCCCCCCCCCC)C(O)/C=C/CCCCCCCCCCCCC. The lowest BCUT2D eigenvalue weighted by Crippen LogP contribution is -2.61. The predicted molar refractivity (Wildman–Crippen MR) is 264 cm³/mol. The van der Waals surface area contributed by atoms with Gasteiger partial charge < -0.3 is 45.1 Å². The van der Waals surface area contributed by atoms with Crippen LogP contribution in [0.2, 0.25) is 0 Å². The number of carbonyl (C=O) groups is 2. The maximum atomic E-state index is 13.3. The lowest BCUT2D eigenvalue weighted by Gasteiger charge is -2.41. The molecule has 11 heteroatoms. The summed E-state index contributed by atoms with van der Waals surface area (Å²) in [7, 11) is 0. The number of hydrogen-bond donors (Lipinski definition) is 6. The molecule has 0 aromatic rings. The molecule has 1 heterocycles.